The normalized spacial score (nSPS) is 36.6. The zero-order chi connectivity index (χ0) is 16.5. The van der Waals surface area contributed by atoms with Crippen molar-refractivity contribution in [2.24, 2.45) is 0 Å². The molecule has 128 valence electrons. The second kappa shape index (κ2) is 4.65. The van der Waals surface area contributed by atoms with Gasteiger partial charge in [-0.1, -0.05) is 0 Å². The fraction of sp³-hybridized carbons (Fsp3) is 0.556. The monoisotopic (exact) mass is 331 g/mol. The minimum absolute atomic E-state index is 0.193. The van der Waals surface area contributed by atoms with Crippen LogP contribution in [0.25, 0.3) is 0 Å². The van der Waals surface area contributed by atoms with E-state index in [1.807, 2.05) is 18.2 Å². The Hall–Kier alpha value is -1.76. The van der Waals surface area contributed by atoms with Gasteiger partial charge in [0.2, 0.25) is 6.79 Å². The summed E-state index contributed by atoms with van der Waals surface area (Å²) in [7, 11) is 1.54. The average Bonchev–Trinajstić information content (AvgIpc) is 3.25. The van der Waals surface area contributed by atoms with Gasteiger partial charge in [0.25, 0.3) is 0 Å². The van der Waals surface area contributed by atoms with E-state index in [1.54, 1.807) is 7.11 Å². The van der Waals surface area contributed by atoms with Crippen molar-refractivity contribution in [1.29, 1.82) is 0 Å². The summed E-state index contributed by atoms with van der Waals surface area (Å²) >= 11 is 0. The fourth-order valence-corrected chi connectivity index (χ4v) is 5.02. The second-order valence-corrected chi connectivity index (χ2v) is 7.05. The predicted octanol–water partition coefficient (Wildman–Crippen LogP) is 0.898. The van der Waals surface area contributed by atoms with Gasteiger partial charge in [0, 0.05) is 6.54 Å². The zero-order valence-electron chi connectivity index (χ0n) is 13.6. The van der Waals surface area contributed by atoms with Gasteiger partial charge in [-0.05, 0) is 55.1 Å². The van der Waals surface area contributed by atoms with Crippen molar-refractivity contribution in [2.75, 3.05) is 27.0 Å². The number of fused-ring (bicyclic) bond motifs is 3. The van der Waals surface area contributed by atoms with Crippen molar-refractivity contribution in [3.8, 4) is 11.5 Å². The third kappa shape index (κ3) is 1.52. The van der Waals surface area contributed by atoms with Gasteiger partial charge in [0.1, 0.15) is 17.5 Å². The van der Waals surface area contributed by atoms with Crippen LogP contribution in [-0.2, 0) is 16.8 Å². The molecule has 1 aliphatic carbocycles. The van der Waals surface area contributed by atoms with Crippen LogP contribution >= 0.6 is 0 Å². The molecule has 3 heterocycles. The molecule has 6 nitrogen and oxygen atoms in total. The highest BCUT2D eigenvalue weighted by molar-refractivity contribution is 5.55. The van der Waals surface area contributed by atoms with Crippen molar-refractivity contribution >= 4 is 0 Å². The summed E-state index contributed by atoms with van der Waals surface area (Å²) in [6, 6.07) is 3.79. The number of methoxy groups -OCH3 is 1. The molecule has 0 radical (unpaired) electrons. The van der Waals surface area contributed by atoms with Crippen molar-refractivity contribution in [3.05, 3.63) is 35.1 Å². The SMILES string of the molecule is COC1=C[C@]23CCCN2CCc2cc4c(cc2[C@]3(O)[C@H]1O)OCO4. The molecule has 1 spiro atoms. The topological polar surface area (TPSA) is 71.4 Å². The lowest BCUT2D eigenvalue weighted by Gasteiger charge is -2.45. The first-order valence-corrected chi connectivity index (χ1v) is 8.45. The van der Waals surface area contributed by atoms with Crippen LogP contribution < -0.4 is 9.47 Å². The van der Waals surface area contributed by atoms with Crippen LogP contribution in [0.2, 0.25) is 0 Å². The Labute approximate surface area is 140 Å². The molecule has 0 saturated carbocycles. The number of rotatable bonds is 1. The fourth-order valence-electron chi connectivity index (χ4n) is 5.02. The Bertz CT molecular complexity index is 747. The van der Waals surface area contributed by atoms with Crippen LogP contribution in [0.15, 0.2) is 24.0 Å². The lowest BCUT2D eigenvalue weighted by Crippen LogP contribution is -2.59. The average molecular weight is 331 g/mol. The summed E-state index contributed by atoms with van der Waals surface area (Å²) in [5, 5.41) is 22.8. The highest BCUT2D eigenvalue weighted by atomic mass is 16.7. The summed E-state index contributed by atoms with van der Waals surface area (Å²) in [5.74, 6) is 1.78. The van der Waals surface area contributed by atoms with E-state index in [-0.39, 0.29) is 6.79 Å². The van der Waals surface area contributed by atoms with Crippen molar-refractivity contribution in [1.82, 2.24) is 4.90 Å². The van der Waals surface area contributed by atoms with Crippen molar-refractivity contribution < 1.29 is 24.4 Å². The molecule has 5 rings (SSSR count). The van der Waals surface area contributed by atoms with E-state index in [1.165, 1.54) is 0 Å². The zero-order valence-corrected chi connectivity index (χ0v) is 13.6. The molecule has 6 heteroatoms. The molecule has 2 N–H and O–H groups in total. The molecular weight excluding hydrogens is 310 g/mol. The van der Waals surface area contributed by atoms with Gasteiger partial charge in [0.05, 0.1) is 12.6 Å². The van der Waals surface area contributed by atoms with Gasteiger partial charge in [-0.3, -0.25) is 4.90 Å². The number of aliphatic hydroxyl groups excluding tert-OH is 1. The maximum Gasteiger partial charge on any atom is 0.231 e. The molecule has 3 atom stereocenters. The van der Waals surface area contributed by atoms with Crippen LogP contribution in [0.5, 0.6) is 11.5 Å². The first kappa shape index (κ1) is 14.6. The molecule has 1 aromatic rings. The maximum absolute atomic E-state index is 11.9. The highest BCUT2D eigenvalue weighted by Crippen LogP contribution is 2.57. The van der Waals surface area contributed by atoms with Gasteiger partial charge < -0.3 is 24.4 Å². The van der Waals surface area contributed by atoms with Crippen LogP contribution in [0.1, 0.15) is 24.0 Å². The van der Waals surface area contributed by atoms with E-state index >= 15 is 0 Å². The standard InChI is InChI=1S/C18H21NO5/c1-22-15-9-17-4-2-5-19(17)6-3-11-7-13-14(24-10-23-13)8-12(11)18(17,21)16(15)20/h7-9,16,20-21H,2-6,10H2,1H3/t16-,17-,18-/m0/s1. The molecule has 1 saturated heterocycles. The number of hydrogen-bond donors (Lipinski definition) is 2. The Balaban J connectivity index is 1.77. The van der Waals surface area contributed by atoms with E-state index in [2.05, 4.69) is 4.90 Å². The first-order chi connectivity index (χ1) is 11.6. The molecule has 0 aromatic heterocycles. The van der Waals surface area contributed by atoms with Gasteiger partial charge >= 0.3 is 0 Å². The second-order valence-electron chi connectivity index (χ2n) is 7.05. The van der Waals surface area contributed by atoms with Crippen molar-refractivity contribution in [2.45, 2.75) is 36.5 Å². The Morgan fingerprint density at radius 3 is 2.83 bits per heavy atom. The lowest BCUT2D eigenvalue weighted by atomic mass is 9.73. The largest absolute Gasteiger partial charge is 0.498 e. The van der Waals surface area contributed by atoms with Gasteiger partial charge in [-0.25, -0.2) is 0 Å². The number of nitrogens with zero attached hydrogens (tertiary/aromatic N) is 1. The first-order valence-electron chi connectivity index (χ1n) is 8.45. The summed E-state index contributed by atoms with van der Waals surface area (Å²) in [6.45, 7) is 1.93. The molecule has 1 fully saturated rings. The van der Waals surface area contributed by atoms with E-state index < -0.39 is 17.2 Å². The molecular formula is C18H21NO5. The van der Waals surface area contributed by atoms with Gasteiger partial charge in [0.15, 0.2) is 11.5 Å². The quantitative estimate of drug-likeness (QED) is 0.797. The van der Waals surface area contributed by atoms with Crippen molar-refractivity contribution in [3.63, 3.8) is 0 Å². The molecule has 1 aromatic carbocycles. The van der Waals surface area contributed by atoms with Crippen LogP contribution in [0.4, 0.5) is 0 Å². The van der Waals surface area contributed by atoms with Crippen LogP contribution in [0, 0.1) is 0 Å². The van der Waals surface area contributed by atoms with E-state index in [4.69, 9.17) is 14.2 Å². The maximum atomic E-state index is 11.9. The number of hydrogen-bond acceptors (Lipinski definition) is 6. The summed E-state index contributed by atoms with van der Waals surface area (Å²) < 4.78 is 16.4. The molecule has 0 bridgehead atoms. The minimum atomic E-state index is -1.44. The van der Waals surface area contributed by atoms with Gasteiger partial charge in [-0.2, -0.15) is 0 Å². The Kier molecular flexibility index (Phi) is 2.83. The predicted molar refractivity (Wildman–Crippen MR) is 84.8 cm³/mol. The Morgan fingerprint density at radius 1 is 1.25 bits per heavy atom. The smallest absolute Gasteiger partial charge is 0.231 e. The number of aliphatic hydroxyl groups is 2. The van der Waals surface area contributed by atoms with E-state index in [0.717, 1.165) is 43.5 Å². The summed E-state index contributed by atoms with van der Waals surface area (Å²) in [4.78, 5) is 2.29. The van der Waals surface area contributed by atoms with Crippen LogP contribution in [0.3, 0.4) is 0 Å². The minimum Gasteiger partial charge on any atom is -0.498 e. The molecule has 0 amide bonds. The van der Waals surface area contributed by atoms with Gasteiger partial charge in [-0.15, -0.1) is 0 Å². The summed E-state index contributed by atoms with van der Waals surface area (Å²) in [5.41, 5.74) is -0.342. The third-order valence-corrected chi connectivity index (χ3v) is 6.15. The third-order valence-electron chi connectivity index (χ3n) is 6.15. The lowest BCUT2D eigenvalue weighted by molar-refractivity contribution is -0.132. The Morgan fingerprint density at radius 2 is 2.04 bits per heavy atom. The van der Waals surface area contributed by atoms with Crippen LogP contribution in [-0.4, -0.2) is 53.7 Å². The molecule has 4 aliphatic rings. The highest BCUT2D eigenvalue weighted by Gasteiger charge is 2.66. The molecule has 3 aliphatic heterocycles. The van der Waals surface area contributed by atoms with E-state index in [0.29, 0.717) is 17.3 Å². The summed E-state index contributed by atoms with van der Waals surface area (Å²) in [6.07, 6.45) is 3.42. The molecule has 0 unspecified atom stereocenters. The molecule has 24 heavy (non-hydrogen) atoms. The van der Waals surface area contributed by atoms with E-state index in [9.17, 15) is 10.2 Å². The number of benzene rings is 1. The number of ether oxygens (including phenoxy) is 3.